The molecular weight excluding hydrogens is 290 g/mol. The van der Waals surface area contributed by atoms with Gasteiger partial charge in [0.25, 0.3) is 0 Å². The van der Waals surface area contributed by atoms with Gasteiger partial charge in [-0.1, -0.05) is 0 Å². The van der Waals surface area contributed by atoms with Crippen molar-refractivity contribution in [3.05, 3.63) is 23.7 Å². The van der Waals surface area contributed by atoms with Gasteiger partial charge in [0.1, 0.15) is 0 Å². The third-order valence-corrected chi connectivity index (χ3v) is 4.23. The lowest BCUT2D eigenvalue weighted by molar-refractivity contribution is -0.121. The maximum absolute atomic E-state index is 12.1. The number of aromatic amines is 1. The van der Waals surface area contributed by atoms with Crippen LogP contribution in [0.1, 0.15) is 6.42 Å². The molecule has 0 aromatic carbocycles. The van der Waals surface area contributed by atoms with Crippen molar-refractivity contribution in [1.82, 2.24) is 14.9 Å². The largest absolute Gasteiger partial charge is 0.369 e. The van der Waals surface area contributed by atoms with Gasteiger partial charge in [-0.3, -0.25) is 10.1 Å². The van der Waals surface area contributed by atoms with Crippen LogP contribution in [0, 0.1) is 5.92 Å². The van der Waals surface area contributed by atoms with Gasteiger partial charge < -0.3 is 15.6 Å². The molecule has 2 aromatic rings. The molecule has 4 N–H and O–H groups in total. The van der Waals surface area contributed by atoms with Crippen molar-refractivity contribution in [1.29, 1.82) is 0 Å². The summed E-state index contributed by atoms with van der Waals surface area (Å²) >= 11 is 1.36. The van der Waals surface area contributed by atoms with E-state index in [9.17, 15) is 9.59 Å². The van der Waals surface area contributed by atoms with Gasteiger partial charge in [-0.05, 0) is 18.6 Å². The number of amides is 3. The number of carbonyl (C=O) groups excluding carboxylic acids is 2. The van der Waals surface area contributed by atoms with Crippen LogP contribution in [0.15, 0.2) is 23.7 Å². The molecule has 1 atom stereocenters. The summed E-state index contributed by atoms with van der Waals surface area (Å²) in [7, 11) is 0. The molecule has 3 heterocycles. The zero-order valence-electron chi connectivity index (χ0n) is 11.2. The summed E-state index contributed by atoms with van der Waals surface area (Å²) in [6, 6.07) is 3.56. The number of nitrogens with one attached hydrogen (secondary N) is 2. The number of nitrogens with two attached hydrogens (primary N) is 1. The summed E-state index contributed by atoms with van der Waals surface area (Å²) in [5.41, 5.74) is 6.95. The molecule has 2 aromatic heterocycles. The minimum absolute atomic E-state index is 0.244. The second-order valence-corrected chi connectivity index (χ2v) is 5.74. The first-order valence-electron chi connectivity index (χ1n) is 6.58. The molecule has 21 heavy (non-hydrogen) atoms. The van der Waals surface area contributed by atoms with Crippen LogP contribution in [0.25, 0.3) is 11.4 Å². The van der Waals surface area contributed by atoms with Gasteiger partial charge in [0.2, 0.25) is 5.91 Å². The van der Waals surface area contributed by atoms with E-state index in [4.69, 9.17) is 5.73 Å². The Labute approximate surface area is 125 Å². The SMILES string of the molecule is NC(=O)[C@H]1CCN(C(=O)Nc2nc(-c3ccc[nH]3)cs2)C1. The Hall–Kier alpha value is -2.35. The molecule has 1 aliphatic rings. The van der Waals surface area contributed by atoms with Gasteiger partial charge in [-0.2, -0.15) is 0 Å². The minimum Gasteiger partial charge on any atom is -0.369 e. The quantitative estimate of drug-likeness (QED) is 0.800. The number of hydrogen-bond acceptors (Lipinski definition) is 4. The van der Waals surface area contributed by atoms with Gasteiger partial charge in [0.05, 0.1) is 17.3 Å². The Bertz CT molecular complexity index is 651. The Kier molecular flexibility index (Phi) is 3.61. The van der Waals surface area contributed by atoms with Crippen LogP contribution in [0.2, 0.25) is 0 Å². The highest BCUT2D eigenvalue weighted by Gasteiger charge is 2.29. The second kappa shape index (κ2) is 5.57. The van der Waals surface area contributed by atoms with E-state index in [0.717, 1.165) is 11.4 Å². The van der Waals surface area contributed by atoms with Gasteiger partial charge >= 0.3 is 6.03 Å². The molecule has 0 saturated carbocycles. The number of primary amides is 1. The normalized spacial score (nSPS) is 17.9. The van der Waals surface area contributed by atoms with Crippen LogP contribution >= 0.6 is 11.3 Å². The lowest BCUT2D eigenvalue weighted by Crippen LogP contribution is -2.34. The van der Waals surface area contributed by atoms with E-state index in [-0.39, 0.29) is 17.9 Å². The summed E-state index contributed by atoms with van der Waals surface area (Å²) < 4.78 is 0. The highest BCUT2D eigenvalue weighted by molar-refractivity contribution is 7.14. The number of aromatic nitrogens is 2. The molecule has 0 aliphatic carbocycles. The smallest absolute Gasteiger partial charge is 0.323 e. The Balaban J connectivity index is 1.62. The Morgan fingerprint density at radius 1 is 1.52 bits per heavy atom. The van der Waals surface area contributed by atoms with Gasteiger partial charge in [-0.25, -0.2) is 9.78 Å². The number of rotatable bonds is 3. The number of hydrogen-bond donors (Lipinski definition) is 3. The number of nitrogens with zero attached hydrogens (tertiary/aromatic N) is 2. The van der Waals surface area contributed by atoms with E-state index < -0.39 is 0 Å². The van der Waals surface area contributed by atoms with Crippen molar-refractivity contribution in [2.24, 2.45) is 11.7 Å². The van der Waals surface area contributed by atoms with Crippen LogP contribution in [0.5, 0.6) is 0 Å². The third kappa shape index (κ3) is 2.89. The van der Waals surface area contributed by atoms with Crippen molar-refractivity contribution in [2.45, 2.75) is 6.42 Å². The van der Waals surface area contributed by atoms with E-state index >= 15 is 0 Å². The van der Waals surface area contributed by atoms with Gasteiger partial charge in [0, 0.05) is 24.7 Å². The second-order valence-electron chi connectivity index (χ2n) is 4.89. The molecule has 8 heteroatoms. The van der Waals surface area contributed by atoms with Crippen molar-refractivity contribution in [2.75, 3.05) is 18.4 Å². The molecule has 0 radical (unpaired) electrons. The Morgan fingerprint density at radius 2 is 2.38 bits per heavy atom. The van der Waals surface area contributed by atoms with Gasteiger partial charge in [0.15, 0.2) is 5.13 Å². The fraction of sp³-hybridized carbons (Fsp3) is 0.308. The van der Waals surface area contributed by atoms with Crippen LogP contribution in [-0.2, 0) is 4.79 Å². The molecular formula is C13H15N5O2S. The fourth-order valence-electron chi connectivity index (χ4n) is 2.29. The molecule has 0 spiro atoms. The number of anilines is 1. The summed E-state index contributed by atoms with van der Waals surface area (Å²) in [6.07, 6.45) is 2.44. The third-order valence-electron chi connectivity index (χ3n) is 3.47. The first-order valence-corrected chi connectivity index (χ1v) is 7.46. The zero-order valence-corrected chi connectivity index (χ0v) is 12.0. The lowest BCUT2D eigenvalue weighted by atomic mass is 10.1. The minimum atomic E-state index is -0.353. The van der Waals surface area contributed by atoms with Crippen LogP contribution in [-0.4, -0.2) is 39.9 Å². The van der Waals surface area contributed by atoms with E-state index in [1.54, 1.807) is 4.90 Å². The average Bonchev–Trinajstić information content (AvgIpc) is 3.19. The summed E-state index contributed by atoms with van der Waals surface area (Å²) in [6.45, 7) is 0.907. The molecule has 1 fully saturated rings. The molecule has 0 unspecified atom stereocenters. The van der Waals surface area contributed by atoms with E-state index in [0.29, 0.717) is 24.6 Å². The predicted octanol–water partition coefficient (Wildman–Crippen LogP) is 1.48. The number of urea groups is 1. The van der Waals surface area contributed by atoms with Crippen molar-refractivity contribution in [3.63, 3.8) is 0 Å². The van der Waals surface area contributed by atoms with E-state index in [1.165, 1.54) is 11.3 Å². The van der Waals surface area contributed by atoms with Crippen molar-refractivity contribution >= 4 is 28.4 Å². The van der Waals surface area contributed by atoms with Gasteiger partial charge in [-0.15, -0.1) is 11.3 Å². The monoisotopic (exact) mass is 305 g/mol. The molecule has 7 nitrogen and oxygen atoms in total. The summed E-state index contributed by atoms with van der Waals surface area (Å²) in [5.74, 6) is -0.602. The predicted molar refractivity (Wildman–Crippen MR) is 79.8 cm³/mol. The lowest BCUT2D eigenvalue weighted by Gasteiger charge is -2.15. The zero-order chi connectivity index (χ0) is 14.8. The maximum atomic E-state index is 12.1. The highest BCUT2D eigenvalue weighted by atomic mass is 32.1. The van der Waals surface area contributed by atoms with Crippen LogP contribution < -0.4 is 11.1 Å². The number of likely N-dealkylation sites (tertiary alicyclic amines) is 1. The topological polar surface area (TPSA) is 104 Å². The number of carbonyl (C=O) groups is 2. The van der Waals surface area contributed by atoms with E-state index in [1.807, 2.05) is 23.7 Å². The first-order chi connectivity index (χ1) is 10.1. The average molecular weight is 305 g/mol. The molecule has 110 valence electrons. The van der Waals surface area contributed by atoms with Crippen LogP contribution in [0.3, 0.4) is 0 Å². The maximum Gasteiger partial charge on any atom is 0.323 e. The molecule has 0 bridgehead atoms. The summed E-state index contributed by atoms with van der Waals surface area (Å²) in [4.78, 5) is 32.2. The van der Waals surface area contributed by atoms with Crippen LogP contribution in [0.4, 0.5) is 9.93 Å². The first kappa shape index (κ1) is 13.6. The molecule has 1 saturated heterocycles. The Morgan fingerprint density at radius 3 is 3.05 bits per heavy atom. The summed E-state index contributed by atoms with van der Waals surface area (Å²) in [5, 5.41) is 5.16. The molecule has 3 rings (SSSR count). The number of H-pyrrole nitrogens is 1. The highest BCUT2D eigenvalue weighted by Crippen LogP contribution is 2.24. The standard InChI is InChI=1S/C13H15N5O2S/c14-11(19)8-3-5-18(6-8)13(20)17-12-16-10(7-21-12)9-2-1-4-15-9/h1-2,4,7-8,15H,3,5-6H2,(H2,14,19)(H,16,17,20)/t8-/m0/s1. The van der Waals surface area contributed by atoms with E-state index in [2.05, 4.69) is 15.3 Å². The number of thiazole rings is 1. The van der Waals surface area contributed by atoms with Crippen molar-refractivity contribution < 1.29 is 9.59 Å². The van der Waals surface area contributed by atoms with Crippen molar-refractivity contribution in [3.8, 4) is 11.4 Å². The molecule has 1 aliphatic heterocycles. The molecule has 3 amide bonds. The fourth-order valence-corrected chi connectivity index (χ4v) is 2.99.